The van der Waals surface area contributed by atoms with Gasteiger partial charge in [0.05, 0.1) is 40.6 Å². The highest BCUT2D eigenvalue weighted by Crippen LogP contribution is 2.38. The van der Waals surface area contributed by atoms with Crippen LogP contribution in [0.1, 0.15) is 87.8 Å². The monoisotopic (exact) mass is 1310 g/mol. The molecule has 0 atom stereocenters. The third-order valence-corrected chi connectivity index (χ3v) is 15.4. The zero-order chi connectivity index (χ0) is 70.9. The van der Waals surface area contributed by atoms with Gasteiger partial charge in [0.1, 0.15) is 46.3 Å². The number of aliphatic carboxylic acids is 2. The second kappa shape index (κ2) is 39.0. The van der Waals surface area contributed by atoms with E-state index in [0.717, 1.165) is 90.3 Å². The average molecular weight is 1310 g/mol. The molecule has 1 fully saturated rings. The zero-order valence-corrected chi connectivity index (χ0v) is 57.5. The molecule has 1 aliphatic rings. The van der Waals surface area contributed by atoms with Gasteiger partial charge in [0.15, 0.2) is 0 Å². The molecule has 8 aromatic carbocycles. The number of carbonyl (C=O) groups is 2. The Bertz CT molecular complexity index is 4120. The number of hydrogen-bond acceptors (Lipinski definition) is 14. The Morgan fingerprint density at radius 3 is 1.13 bits per heavy atom. The fourth-order valence-electron chi connectivity index (χ4n) is 10.7. The summed E-state index contributed by atoms with van der Waals surface area (Å²) in [5, 5.41) is 53.8. The maximum absolute atomic E-state index is 11.1. The van der Waals surface area contributed by atoms with Crippen LogP contribution in [0.25, 0.3) is 24.3 Å². The van der Waals surface area contributed by atoms with Crippen LogP contribution in [0.4, 0.5) is 34.1 Å². The molecule has 9 rings (SSSR count). The number of allylic oxidation sites excluding steroid dienone is 2. The molecule has 1 heterocycles. The van der Waals surface area contributed by atoms with Gasteiger partial charge in [-0.25, -0.2) is 9.59 Å². The van der Waals surface area contributed by atoms with Gasteiger partial charge >= 0.3 is 11.9 Å². The maximum Gasteiger partial charge on any atom is 0.346 e. The average Bonchev–Trinajstić information content (AvgIpc) is 0.906. The van der Waals surface area contributed by atoms with Crippen LogP contribution in [0.3, 0.4) is 0 Å². The Labute approximate surface area is 577 Å². The Hall–Kier alpha value is -12.0. The van der Waals surface area contributed by atoms with Crippen LogP contribution in [0.2, 0.25) is 0 Å². The summed E-state index contributed by atoms with van der Waals surface area (Å²) in [7, 11) is 6.39. The van der Waals surface area contributed by atoms with Crippen molar-refractivity contribution in [3.05, 3.63) is 250 Å². The van der Waals surface area contributed by atoms with Gasteiger partial charge < -0.3 is 48.8 Å². The molecule has 2 N–H and O–H groups in total. The molecule has 0 amide bonds. The van der Waals surface area contributed by atoms with Crippen molar-refractivity contribution in [2.24, 2.45) is 11.8 Å². The van der Waals surface area contributed by atoms with Gasteiger partial charge in [-0.2, -0.15) is 21.0 Å². The molecule has 0 aromatic heterocycles. The number of rotatable bonds is 24. The second-order valence-corrected chi connectivity index (χ2v) is 23.8. The first-order valence-corrected chi connectivity index (χ1v) is 32.2. The van der Waals surface area contributed by atoms with Gasteiger partial charge in [-0.1, -0.05) is 125 Å². The largest absolute Gasteiger partial charge is 0.496 e. The fraction of sp³-hybridized carbons (Fsp3) is 0.244. The van der Waals surface area contributed by atoms with Crippen molar-refractivity contribution < 1.29 is 38.7 Å². The summed E-state index contributed by atoms with van der Waals surface area (Å²) in [5.74, 6) is 1.31. The Balaban J connectivity index is 0.000000208. The number of benzene rings is 8. The van der Waals surface area contributed by atoms with Gasteiger partial charge in [0.25, 0.3) is 0 Å². The number of nitrogens with zero attached hydrogens (tertiary/aromatic N) is 8. The number of nitriles is 4. The van der Waals surface area contributed by atoms with Crippen LogP contribution < -0.4 is 38.5 Å². The minimum Gasteiger partial charge on any atom is -0.496 e. The third-order valence-electron chi connectivity index (χ3n) is 15.4. The summed E-state index contributed by atoms with van der Waals surface area (Å²) < 4.78 is 21.9. The summed E-state index contributed by atoms with van der Waals surface area (Å²) in [6.45, 7) is 18.2. The first-order chi connectivity index (χ1) is 47.3. The highest BCUT2D eigenvalue weighted by Gasteiger charge is 2.19. The molecule has 1 aliphatic heterocycles. The van der Waals surface area contributed by atoms with E-state index in [4.69, 9.17) is 50.2 Å². The molecule has 0 aliphatic carbocycles. The smallest absolute Gasteiger partial charge is 0.346 e. The molecule has 8 aromatic rings. The molecule has 98 heavy (non-hydrogen) atoms. The topological polar surface area (TPSA) is 220 Å². The van der Waals surface area contributed by atoms with Crippen LogP contribution in [-0.2, 0) is 22.7 Å². The molecule has 0 radical (unpaired) electrons. The van der Waals surface area contributed by atoms with Gasteiger partial charge in [-0.3, -0.25) is 0 Å². The van der Waals surface area contributed by atoms with Crippen LogP contribution in [0.5, 0.6) is 23.0 Å². The van der Waals surface area contributed by atoms with Crippen LogP contribution >= 0.6 is 0 Å². The predicted octanol–water partition coefficient (Wildman–Crippen LogP) is 18.0. The van der Waals surface area contributed by atoms with Crippen LogP contribution in [-0.4, -0.2) is 76.8 Å². The van der Waals surface area contributed by atoms with Crippen molar-refractivity contribution in [3.8, 4) is 47.3 Å². The molecule has 0 spiro atoms. The predicted molar refractivity (Wildman–Crippen MR) is 394 cm³/mol. The van der Waals surface area contributed by atoms with Gasteiger partial charge in [0, 0.05) is 131 Å². The first-order valence-electron chi connectivity index (χ1n) is 32.2. The normalized spacial score (nSPS) is 11.9. The van der Waals surface area contributed by atoms with E-state index < -0.39 is 11.9 Å². The molecule has 0 unspecified atom stereocenters. The van der Waals surface area contributed by atoms with Gasteiger partial charge in [-0.15, -0.1) is 0 Å². The van der Waals surface area contributed by atoms with Crippen molar-refractivity contribution >= 4 is 70.4 Å². The number of anilines is 6. The lowest BCUT2D eigenvalue weighted by molar-refractivity contribution is -0.133. The molecular formula is C82H86N8O8. The quantitative estimate of drug-likeness (QED) is 0.0424. The van der Waals surface area contributed by atoms with E-state index in [1.54, 1.807) is 52.3 Å². The molecule has 0 saturated carbocycles. The van der Waals surface area contributed by atoms with E-state index in [9.17, 15) is 9.59 Å². The number of ether oxygens (including phenoxy) is 4. The Morgan fingerprint density at radius 2 is 0.776 bits per heavy atom. The number of carboxylic acid groups (broad SMARTS) is 2. The lowest BCUT2D eigenvalue weighted by Crippen LogP contribution is -2.31. The van der Waals surface area contributed by atoms with E-state index in [1.165, 1.54) is 56.0 Å². The number of methoxy groups -OCH3 is 4. The molecule has 16 heteroatoms. The number of carboxylic acids is 2. The maximum atomic E-state index is 11.1. The minimum atomic E-state index is -1.27. The Kier molecular flexibility index (Phi) is 29.9. The van der Waals surface area contributed by atoms with Crippen molar-refractivity contribution in [1.29, 1.82) is 21.0 Å². The van der Waals surface area contributed by atoms with Crippen molar-refractivity contribution in [2.45, 2.75) is 67.5 Å². The summed E-state index contributed by atoms with van der Waals surface area (Å²) in [4.78, 5) is 31.1. The Morgan fingerprint density at radius 1 is 0.439 bits per heavy atom. The van der Waals surface area contributed by atoms with Crippen LogP contribution in [0.15, 0.2) is 216 Å². The number of para-hydroxylation sites is 2. The highest BCUT2D eigenvalue weighted by atomic mass is 16.5. The molecule has 16 nitrogen and oxygen atoms in total. The van der Waals surface area contributed by atoms with E-state index in [-0.39, 0.29) is 11.1 Å². The van der Waals surface area contributed by atoms with Crippen molar-refractivity contribution in [1.82, 2.24) is 0 Å². The lowest BCUT2D eigenvalue weighted by Gasteiger charge is -2.29. The highest BCUT2D eigenvalue weighted by molar-refractivity contribution is 5.98. The van der Waals surface area contributed by atoms with Crippen molar-refractivity contribution in [3.63, 3.8) is 0 Å². The SMILES string of the molecule is COc1cc(N(CC(C)C)CC(C)C)ccc1/C=C(/C)C#N.COc1cc(N(Cc2ccccc2)Cc2ccccc2)ccc1/C=C(/C)C#N.COc1cc(N(c2ccccc2)c2ccccc2)ccc1/C=C(\C#N)C(=O)O.COc1cc(N2CCCC2)ccc1/C=C(\C#N)C(=O)O. The molecule has 1 saturated heterocycles. The lowest BCUT2D eigenvalue weighted by atomic mass is 10.1. The van der Waals surface area contributed by atoms with E-state index in [2.05, 4.69) is 126 Å². The molecule has 0 bridgehead atoms. The van der Waals surface area contributed by atoms with E-state index in [0.29, 0.717) is 45.6 Å². The fourth-order valence-corrected chi connectivity index (χ4v) is 10.7. The third kappa shape index (κ3) is 22.9. The summed E-state index contributed by atoms with van der Waals surface area (Å²) in [6.07, 6.45) is 8.71. The van der Waals surface area contributed by atoms with Crippen molar-refractivity contribution in [2.75, 3.05) is 74.2 Å². The standard InChI is InChI=1S/C25H24N2O.C23H18N2O3.C19H28N2O.C15H16N2O3/c1-20(17-26)15-23-13-14-24(16-25(23)28-2)27(18-21-9-5-3-6-10-21)19-22-11-7-4-8-12-22;1-28-22-15-21(13-12-17(22)14-18(16-24)23(26)27)25(19-8-4-2-5-9-19)20-10-6-3-7-11-20;1-14(2)12-21(13-15(3)4)18-8-7-17(9-16(5)11-20)19(10-18)22-6;1-20-14-9-13(17-6-2-3-7-17)5-4-11(14)8-12(10-16)15(18)19/h3-16H,18-19H2,1-2H3;2-15H,1H3,(H,26,27);7-10,14-15H,12-13H2,1-6H3;4-5,8-9H,2-3,6-7H2,1H3,(H,18,19)/b20-15-;18-14+;16-9-;12-8+. The molecular weight excluding hydrogens is 1220 g/mol. The minimum absolute atomic E-state index is 0.308. The summed E-state index contributed by atoms with van der Waals surface area (Å²) in [6, 6.07) is 71.7. The molecule has 502 valence electrons. The van der Waals surface area contributed by atoms with Crippen LogP contribution in [0, 0.1) is 57.2 Å². The summed E-state index contributed by atoms with van der Waals surface area (Å²) >= 11 is 0. The van der Waals surface area contributed by atoms with Gasteiger partial charge in [-0.05, 0) is 147 Å². The first kappa shape index (κ1) is 75.1. The number of hydrogen-bond donors (Lipinski definition) is 2. The van der Waals surface area contributed by atoms with Gasteiger partial charge in [0.2, 0.25) is 0 Å². The second-order valence-electron chi connectivity index (χ2n) is 23.8. The van der Waals surface area contributed by atoms with E-state index >= 15 is 0 Å². The zero-order valence-electron chi connectivity index (χ0n) is 57.5. The van der Waals surface area contributed by atoms with E-state index in [1.807, 2.05) is 127 Å². The summed E-state index contributed by atoms with van der Waals surface area (Å²) in [5.41, 5.74) is 12.2.